The molecule has 1 amide bonds. The maximum absolute atomic E-state index is 13.4. The van der Waals surface area contributed by atoms with Crippen LogP contribution in [0.5, 0.6) is 11.5 Å². The summed E-state index contributed by atoms with van der Waals surface area (Å²) >= 11 is 3.42. The number of nitrogens with one attached hydrogen (secondary N) is 1. The van der Waals surface area contributed by atoms with Crippen LogP contribution >= 0.6 is 15.9 Å². The van der Waals surface area contributed by atoms with E-state index in [1.54, 1.807) is 42.5 Å². The van der Waals surface area contributed by atoms with E-state index in [0.29, 0.717) is 32.6 Å². The van der Waals surface area contributed by atoms with E-state index >= 15 is 0 Å². The number of ether oxygens (including phenoxy) is 2. The summed E-state index contributed by atoms with van der Waals surface area (Å²) in [6, 6.07) is 18.5. The molecule has 4 aromatic rings. The van der Waals surface area contributed by atoms with Crippen LogP contribution in [-0.2, 0) is 9.59 Å². The van der Waals surface area contributed by atoms with Crippen molar-refractivity contribution in [3.63, 3.8) is 0 Å². The number of hydrogen-bond acceptors (Lipinski definition) is 6. The lowest BCUT2D eigenvalue weighted by molar-refractivity contribution is -0.132. The summed E-state index contributed by atoms with van der Waals surface area (Å²) < 4.78 is 11.6. The second-order valence-corrected chi connectivity index (χ2v) is 9.69. The fraction of sp³-hybridized carbons (Fsp3) is 0.179. The molecule has 3 aromatic carbocycles. The van der Waals surface area contributed by atoms with Crippen LogP contribution in [-0.4, -0.2) is 40.0 Å². The van der Waals surface area contributed by atoms with Gasteiger partial charge in [0.1, 0.15) is 17.3 Å². The third-order valence-corrected chi connectivity index (χ3v) is 6.66. The molecule has 8 nitrogen and oxygen atoms in total. The number of hydrogen-bond donors (Lipinski definition) is 2. The molecule has 1 fully saturated rings. The molecule has 37 heavy (non-hydrogen) atoms. The molecular formula is C28H24BrN3O5. The first-order chi connectivity index (χ1) is 17.8. The molecule has 0 radical (unpaired) electrons. The Morgan fingerprint density at radius 2 is 1.81 bits per heavy atom. The maximum atomic E-state index is 13.4. The molecule has 188 valence electrons. The number of methoxy groups -OCH3 is 1. The van der Waals surface area contributed by atoms with Gasteiger partial charge in [0.15, 0.2) is 0 Å². The molecule has 1 aromatic heterocycles. The summed E-state index contributed by atoms with van der Waals surface area (Å²) in [6.07, 6.45) is -0.0134. The van der Waals surface area contributed by atoms with Crippen LogP contribution in [0.4, 0.5) is 5.95 Å². The maximum Gasteiger partial charge on any atom is 0.302 e. The van der Waals surface area contributed by atoms with Gasteiger partial charge in [-0.1, -0.05) is 24.3 Å². The molecular weight excluding hydrogens is 538 g/mol. The number of aromatic amines is 1. The van der Waals surface area contributed by atoms with Crippen molar-refractivity contribution in [3.05, 3.63) is 87.9 Å². The number of Topliss-reactive ketones (excluding diaryl/α,β-unsaturated/α-hetero) is 1. The fourth-order valence-electron chi connectivity index (χ4n) is 4.39. The number of fused-ring (bicyclic) bond motifs is 1. The molecule has 0 saturated carbocycles. The minimum Gasteiger partial charge on any atom is -0.507 e. The number of carbonyl (C=O) groups is 2. The zero-order valence-electron chi connectivity index (χ0n) is 20.4. The Morgan fingerprint density at radius 1 is 1.08 bits per heavy atom. The van der Waals surface area contributed by atoms with Crippen molar-refractivity contribution in [3.8, 4) is 11.5 Å². The van der Waals surface area contributed by atoms with Gasteiger partial charge >= 0.3 is 5.91 Å². The second-order valence-electron chi connectivity index (χ2n) is 8.83. The molecule has 0 bridgehead atoms. The van der Waals surface area contributed by atoms with Gasteiger partial charge < -0.3 is 19.6 Å². The van der Waals surface area contributed by atoms with Gasteiger partial charge in [0.25, 0.3) is 5.78 Å². The van der Waals surface area contributed by atoms with Gasteiger partial charge in [-0.05, 0) is 77.8 Å². The minimum atomic E-state index is -0.922. The molecule has 1 unspecified atom stereocenters. The van der Waals surface area contributed by atoms with E-state index in [1.165, 1.54) is 12.0 Å². The Morgan fingerprint density at radius 3 is 2.46 bits per heavy atom. The van der Waals surface area contributed by atoms with Gasteiger partial charge in [0.05, 0.1) is 40.3 Å². The Kier molecular flexibility index (Phi) is 6.47. The number of aromatic nitrogens is 2. The normalized spacial score (nSPS) is 17.1. The number of benzene rings is 3. The first-order valence-electron chi connectivity index (χ1n) is 11.6. The third-order valence-electron chi connectivity index (χ3n) is 6.04. The highest BCUT2D eigenvalue weighted by Crippen LogP contribution is 2.42. The molecule has 0 spiro atoms. The number of imidazole rings is 1. The smallest absolute Gasteiger partial charge is 0.302 e. The Hall–Kier alpha value is -4.11. The summed E-state index contributed by atoms with van der Waals surface area (Å²) in [5.41, 5.74) is 2.31. The van der Waals surface area contributed by atoms with Gasteiger partial charge in [-0.2, -0.15) is 0 Å². The SMILES string of the molecule is COc1ccc(/C(O)=C2\C(=O)C(=O)N(c3nc4ccccc4[nH]3)C2c2ccc(OC(C)C)cc2)cc1Br. The van der Waals surface area contributed by atoms with E-state index in [4.69, 9.17) is 9.47 Å². The summed E-state index contributed by atoms with van der Waals surface area (Å²) in [4.78, 5) is 35.8. The number of anilines is 1. The number of ketones is 1. The number of halogens is 1. The minimum absolute atomic E-state index is 0.0134. The quantitative estimate of drug-likeness (QED) is 0.176. The molecule has 1 saturated heterocycles. The van der Waals surface area contributed by atoms with Crippen molar-refractivity contribution in [2.75, 3.05) is 12.0 Å². The Bertz CT molecular complexity index is 1510. The van der Waals surface area contributed by atoms with E-state index in [9.17, 15) is 14.7 Å². The predicted molar refractivity (Wildman–Crippen MR) is 144 cm³/mol. The molecule has 0 aliphatic carbocycles. The van der Waals surface area contributed by atoms with E-state index in [-0.39, 0.29) is 23.4 Å². The first-order valence-corrected chi connectivity index (χ1v) is 12.4. The van der Waals surface area contributed by atoms with Crippen molar-refractivity contribution in [1.82, 2.24) is 9.97 Å². The van der Waals surface area contributed by atoms with Crippen LogP contribution in [0.2, 0.25) is 0 Å². The molecule has 9 heteroatoms. The monoisotopic (exact) mass is 561 g/mol. The summed E-state index contributed by atoms with van der Waals surface area (Å²) in [5, 5.41) is 11.4. The largest absolute Gasteiger partial charge is 0.507 e. The lowest BCUT2D eigenvalue weighted by Gasteiger charge is -2.23. The lowest BCUT2D eigenvalue weighted by Crippen LogP contribution is -2.30. The van der Waals surface area contributed by atoms with Crippen LogP contribution in [0.25, 0.3) is 16.8 Å². The molecule has 1 aliphatic heterocycles. The Balaban J connectivity index is 1.68. The number of amides is 1. The highest BCUT2D eigenvalue weighted by atomic mass is 79.9. The fourth-order valence-corrected chi connectivity index (χ4v) is 4.93. The summed E-state index contributed by atoms with van der Waals surface area (Å²) in [7, 11) is 1.53. The average Bonchev–Trinajstić information content (AvgIpc) is 3.42. The number of rotatable bonds is 6. The standard InChI is InChI=1S/C28H24BrN3O5/c1-15(2)37-18-11-8-16(9-12-18)24-23(25(33)17-10-13-22(36-3)19(29)14-17)26(34)27(35)32(24)28-30-20-6-4-5-7-21(20)31-28/h4-15,24,33H,1-3H3,(H,30,31)/b25-23+. The summed E-state index contributed by atoms with van der Waals surface area (Å²) in [5.74, 6) is -0.466. The van der Waals surface area contributed by atoms with Gasteiger partial charge in [-0.25, -0.2) is 4.98 Å². The number of H-pyrrole nitrogens is 1. The number of para-hydroxylation sites is 2. The zero-order valence-corrected chi connectivity index (χ0v) is 21.9. The van der Waals surface area contributed by atoms with Crippen LogP contribution in [0, 0.1) is 0 Å². The lowest BCUT2D eigenvalue weighted by atomic mass is 9.95. The van der Waals surface area contributed by atoms with Crippen molar-refractivity contribution < 1.29 is 24.2 Å². The molecule has 2 N–H and O–H groups in total. The van der Waals surface area contributed by atoms with Crippen molar-refractivity contribution in [1.29, 1.82) is 0 Å². The zero-order chi connectivity index (χ0) is 26.3. The van der Waals surface area contributed by atoms with Gasteiger partial charge in [-0.15, -0.1) is 0 Å². The van der Waals surface area contributed by atoms with Crippen LogP contribution < -0.4 is 14.4 Å². The highest BCUT2D eigenvalue weighted by Gasteiger charge is 2.48. The molecule has 5 rings (SSSR count). The van der Waals surface area contributed by atoms with E-state index in [2.05, 4.69) is 25.9 Å². The predicted octanol–water partition coefficient (Wildman–Crippen LogP) is 5.75. The van der Waals surface area contributed by atoms with Crippen LogP contribution in [0.3, 0.4) is 0 Å². The number of aliphatic hydroxyl groups is 1. The average molecular weight is 562 g/mol. The van der Waals surface area contributed by atoms with Crippen LogP contribution in [0.1, 0.15) is 31.0 Å². The molecule has 1 atom stereocenters. The van der Waals surface area contributed by atoms with E-state index in [1.807, 2.05) is 38.1 Å². The highest BCUT2D eigenvalue weighted by molar-refractivity contribution is 9.10. The number of nitrogens with zero attached hydrogens (tertiary/aromatic N) is 2. The van der Waals surface area contributed by atoms with Gasteiger partial charge in [0.2, 0.25) is 5.95 Å². The van der Waals surface area contributed by atoms with Crippen molar-refractivity contribution in [2.45, 2.75) is 26.0 Å². The van der Waals surface area contributed by atoms with Crippen molar-refractivity contribution in [2.24, 2.45) is 0 Å². The van der Waals surface area contributed by atoms with Crippen molar-refractivity contribution >= 4 is 50.4 Å². The topological polar surface area (TPSA) is 105 Å². The number of carbonyl (C=O) groups excluding carboxylic acids is 2. The molecule has 1 aliphatic rings. The van der Waals surface area contributed by atoms with Gasteiger partial charge in [-0.3, -0.25) is 14.5 Å². The first kappa shape index (κ1) is 24.6. The Labute approximate surface area is 221 Å². The van der Waals surface area contributed by atoms with E-state index in [0.717, 1.165) is 5.52 Å². The second kappa shape index (κ2) is 9.74. The van der Waals surface area contributed by atoms with Crippen LogP contribution in [0.15, 0.2) is 76.8 Å². The summed E-state index contributed by atoms with van der Waals surface area (Å²) in [6.45, 7) is 3.86. The molecule has 2 heterocycles. The van der Waals surface area contributed by atoms with E-state index < -0.39 is 17.7 Å². The van der Waals surface area contributed by atoms with Gasteiger partial charge in [0, 0.05) is 5.56 Å². The number of aliphatic hydroxyl groups excluding tert-OH is 1. The third kappa shape index (κ3) is 4.46.